The minimum absolute atomic E-state index is 0.00768. The van der Waals surface area contributed by atoms with E-state index in [1.54, 1.807) is 0 Å². The molecule has 5 aliphatic rings. The summed E-state index contributed by atoms with van der Waals surface area (Å²) in [5.41, 5.74) is 5.16. The van der Waals surface area contributed by atoms with Gasteiger partial charge in [-0.3, -0.25) is 4.79 Å². The first-order valence-corrected chi connectivity index (χ1v) is 14.9. The van der Waals surface area contributed by atoms with E-state index in [1.807, 2.05) is 4.90 Å². The molecule has 0 spiro atoms. The van der Waals surface area contributed by atoms with Crippen molar-refractivity contribution >= 4 is 22.5 Å². The first-order chi connectivity index (χ1) is 18.9. The Labute approximate surface area is 231 Å². The summed E-state index contributed by atoms with van der Waals surface area (Å²) >= 11 is 0. The molecule has 4 fully saturated rings. The first kappa shape index (κ1) is 24.8. The van der Waals surface area contributed by atoms with Crippen molar-refractivity contribution in [2.45, 2.75) is 94.4 Å². The Kier molecular flexibility index (Phi) is 5.83. The molecule has 0 radical (unpaired) electrons. The molecule has 4 atom stereocenters. The average molecular weight is 522 g/mol. The zero-order valence-corrected chi connectivity index (χ0v) is 22.9. The molecule has 2 aromatic carbocycles. The summed E-state index contributed by atoms with van der Waals surface area (Å²) in [4.78, 5) is 18.9. The van der Waals surface area contributed by atoms with Gasteiger partial charge in [-0.2, -0.15) is 0 Å². The Morgan fingerprint density at radius 3 is 2.56 bits per heavy atom. The SMILES string of the molecule is C#CC(=O)N1[C@@H](CCCC)Cc2c([nH]c3ccccc23)[C@@H]1c1ccc(NC23CC4CC(CC(O)(C4)C2)C3)cc1. The van der Waals surface area contributed by atoms with E-state index in [9.17, 15) is 9.90 Å². The molecule has 0 saturated heterocycles. The van der Waals surface area contributed by atoms with Crippen molar-refractivity contribution in [3.8, 4) is 12.3 Å². The van der Waals surface area contributed by atoms with Gasteiger partial charge in [-0.05, 0) is 98.4 Å². The van der Waals surface area contributed by atoms with Gasteiger partial charge in [0.2, 0.25) is 0 Å². The summed E-state index contributed by atoms with van der Waals surface area (Å²) in [6, 6.07) is 16.9. The van der Waals surface area contributed by atoms with Crippen LogP contribution in [0.5, 0.6) is 0 Å². The van der Waals surface area contributed by atoms with Gasteiger partial charge in [-0.15, -0.1) is 6.42 Å². The number of unbranched alkanes of at least 4 members (excludes halogenated alkanes) is 1. The number of nitrogens with one attached hydrogen (secondary N) is 2. The van der Waals surface area contributed by atoms with Crippen molar-refractivity contribution in [3.63, 3.8) is 0 Å². The van der Waals surface area contributed by atoms with Crippen molar-refractivity contribution < 1.29 is 9.90 Å². The molecule has 1 amide bonds. The molecule has 1 aliphatic heterocycles. The lowest BCUT2D eigenvalue weighted by Crippen LogP contribution is -2.61. The molecular formula is C34H39N3O2. The van der Waals surface area contributed by atoms with Crippen LogP contribution in [0.1, 0.15) is 87.6 Å². The molecule has 5 nitrogen and oxygen atoms in total. The molecular weight excluding hydrogens is 482 g/mol. The van der Waals surface area contributed by atoms with Crippen molar-refractivity contribution in [1.29, 1.82) is 0 Å². The number of carbonyl (C=O) groups is 1. The van der Waals surface area contributed by atoms with E-state index in [4.69, 9.17) is 6.42 Å². The third-order valence-electron chi connectivity index (χ3n) is 10.1. The quantitative estimate of drug-likeness (QED) is 0.332. The Morgan fingerprint density at radius 2 is 1.87 bits per heavy atom. The van der Waals surface area contributed by atoms with Crippen LogP contribution < -0.4 is 5.32 Å². The lowest BCUT2D eigenvalue weighted by Gasteiger charge is -2.60. The molecule has 4 bridgehead atoms. The van der Waals surface area contributed by atoms with Crippen LogP contribution in [0.25, 0.3) is 10.9 Å². The maximum Gasteiger partial charge on any atom is 0.299 e. The standard InChI is InChI=1S/C34H39N3O2/c1-3-5-8-26-16-28-27-9-6-7-10-29(27)35-31(28)32(37(26)30(38)4-2)24-11-13-25(14-12-24)36-33-17-22-15-23(18-33)20-34(39,19-22)21-33/h2,6-7,9-14,22-23,26,32,35-36,39H,3,5,8,15-21H2,1H3/t22?,23?,26-,32-,33?,34?/m0/s1. The molecule has 2 heterocycles. The van der Waals surface area contributed by atoms with Crippen molar-refractivity contribution in [3.05, 3.63) is 65.4 Å². The fourth-order valence-electron chi connectivity index (χ4n) is 9.14. The van der Waals surface area contributed by atoms with E-state index in [-0.39, 0.29) is 23.5 Å². The summed E-state index contributed by atoms with van der Waals surface area (Å²) < 4.78 is 0. The lowest BCUT2D eigenvalue weighted by molar-refractivity contribution is -0.130. The summed E-state index contributed by atoms with van der Waals surface area (Å²) in [5, 5.41) is 16.3. The summed E-state index contributed by atoms with van der Waals surface area (Å²) in [7, 11) is 0. The Hall–Kier alpha value is -3.23. The van der Waals surface area contributed by atoms with Gasteiger partial charge in [0.25, 0.3) is 5.91 Å². The number of fused-ring (bicyclic) bond motifs is 3. The van der Waals surface area contributed by atoms with E-state index in [0.29, 0.717) is 11.8 Å². The van der Waals surface area contributed by atoms with Gasteiger partial charge in [0.05, 0.1) is 11.6 Å². The van der Waals surface area contributed by atoms with Gasteiger partial charge in [-0.25, -0.2) is 0 Å². The Morgan fingerprint density at radius 1 is 1.13 bits per heavy atom. The van der Waals surface area contributed by atoms with Crippen LogP contribution in [0.4, 0.5) is 5.69 Å². The molecule has 3 N–H and O–H groups in total. The molecule has 8 rings (SSSR count). The summed E-state index contributed by atoms with van der Waals surface area (Å²) in [5.74, 6) is 3.47. The average Bonchev–Trinajstić information content (AvgIpc) is 3.28. The predicted molar refractivity (Wildman–Crippen MR) is 155 cm³/mol. The van der Waals surface area contributed by atoms with E-state index in [2.05, 4.69) is 71.7 Å². The number of H-pyrrole nitrogens is 1. The zero-order valence-electron chi connectivity index (χ0n) is 22.9. The number of rotatable bonds is 6. The third kappa shape index (κ3) is 4.16. The number of para-hydroxylation sites is 1. The van der Waals surface area contributed by atoms with Gasteiger partial charge >= 0.3 is 0 Å². The third-order valence-corrected chi connectivity index (χ3v) is 10.1. The molecule has 2 unspecified atom stereocenters. The molecule has 1 aromatic heterocycles. The predicted octanol–water partition coefficient (Wildman–Crippen LogP) is 6.33. The highest BCUT2D eigenvalue weighted by Crippen LogP contribution is 2.58. The van der Waals surface area contributed by atoms with E-state index in [1.165, 1.54) is 17.4 Å². The number of aromatic amines is 1. The molecule has 202 valence electrons. The number of benzene rings is 2. The first-order valence-electron chi connectivity index (χ1n) is 14.9. The number of hydrogen-bond acceptors (Lipinski definition) is 3. The minimum Gasteiger partial charge on any atom is -0.390 e. The molecule has 5 heteroatoms. The Balaban J connectivity index is 1.25. The normalized spacial score (nSPS) is 32.7. The van der Waals surface area contributed by atoms with Gasteiger partial charge in [-0.1, -0.05) is 50.1 Å². The summed E-state index contributed by atoms with van der Waals surface area (Å²) in [6.45, 7) is 2.19. The van der Waals surface area contributed by atoms with Gasteiger partial charge < -0.3 is 20.3 Å². The second kappa shape index (κ2) is 9.17. The highest BCUT2D eigenvalue weighted by atomic mass is 16.3. The zero-order chi connectivity index (χ0) is 26.8. The minimum atomic E-state index is -0.491. The van der Waals surface area contributed by atoms with E-state index < -0.39 is 5.60 Å². The highest BCUT2D eigenvalue weighted by Gasteiger charge is 2.57. The lowest BCUT2D eigenvalue weighted by atomic mass is 9.51. The van der Waals surface area contributed by atoms with Crippen LogP contribution in [0.3, 0.4) is 0 Å². The molecule has 4 aliphatic carbocycles. The van der Waals surface area contributed by atoms with Crippen LogP contribution in [-0.2, 0) is 11.2 Å². The van der Waals surface area contributed by atoms with Gasteiger partial charge in [0.1, 0.15) is 0 Å². The van der Waals surface area contributed by atoms with Crippen LogP contribution >= 0.6 is 0 Å². The topological polar surface area (TPSA) is 68.4 Å². The van der Waals surface area contributed by atoms with E-state index >= 15 is 0 Å². The second-order valence-electron chi connectivity index (χ2n) is 13.0. The number of aliphatic hydroxyl groups is 1. The number of carbonyl (C=O) groups excluding carboxylic acids is 1. The number of aromatic nitrogens is 1. The monoisotopic (exact) mass is 521 g/mol. The number of terminal acetylenes is 1. The number of amides is 1. The number of anilines is 1. The van der Waals surface area contributed by atoms with Crippen molar-refractivity contribution in [2.24, 2.45) is 11.8 Å². The molecule has 3 aromatic rings. The van der Waals surface area contributed by atoms with Crippen molar-refractivity contribution in [2.75, 3.05) is 5.32 Å². The number of nitrogens with zero attached hydrogens (tertiary/aromatic N) is 1. The van der Waals surface area contributed by atoms with Crippen LogP contribution in [-0.4, -0.2) is 38.1 Å². The van der Waals surface area contributed by atoms with Gasteiger partial charge in [0, 0.05) is 33.9 Å². The maximum atomic E-state index is 13.3. The largest absolute Gasteiger partial charge is 0.390 e. The molecule has 39 heavy (non-hydrogen) atoms. The van der Waals surface area contributed by atoms with Crippen molar-refractivity contribution in [1.82, 2.24) is 9.88 Å². The molecule has 4 saturated carbocycles. The maximum absolute atomic E-state index is 13.3. The van der Waals surface area contributed by atoms with E-state index in [0.717, 1.165) is 80.2 Å². The number of hydrogen-bond donors (Lipinski definition) is 3. The van der Waals surface area contributed by atoms with Gasteiger partial charge in [0.15, 0.2) is 0 Å². The van der Waals surface area contributed by atoms with Crippen LogP contribution in [0.2, 0.25) is 0 Å². The smallest absolute Gasteiger partial charge is 0.299 e. The fourth-order valence-corrected chi connectivity index (χ4v) is 9.14. The van der Waals surface area contributed by atoms with Crippen LogP contribution in [0, 0.1) is 24.2 Å². The van der Waals surface area contributed by atoms with Crippen LogP contribution in [0.15, 0.2) is 48.5 Å². The second-order valence-corrected chi connectivity index (χ2v) is 13.0. The highest BCUT2D eigenvalue weighted by molar-refractivity contribution is 5.95. The summed E-state index contributed by atoms with van der Waals surface area (Å²) in [6.07, 6.45) is 16.0. The Bertz CT molecular complexity index is 1430. The fraction of sp³-hybridized carbons (Fsp3) is 0.500.